The zero-order chi connectivity index (χ0) is 15.9. The number of benzene rings is 1. The van der Waals surface area contributed by atoms with E-state index in [0.29, 0.717) is 13.0 Å². The zero-order valence-corrected chi connectivity index (χ0v) is 13.6. The van der Waals surface area contributed by atoms with Crippen molar-refractivity contribution in [2.75, 3.05) is 17.7 Å². The molecule has 0 saturated carbocycles. The van der Waals surface area contributed by atoms with Crippen LogP contribution in [-0.4, -0.2) is 28.2 Å². The van der Waals surface area contributed by atoms with Gasteiger partial charge in [-0.25, -0.2) is 9.97 Å². The molecule has 1 amide bonds. The van der Waals surface area contributed by atoms with Crippen molar-refractivity contribution in [3.05, 3.63) is 42.2 Å². The summed E-state index contributed by atoms with van der Waals surface area (Å²) >= 11 is 1.67. The summed E-state index contributed by atoms with van der Waals surface area (Å²) in [4.78, 5) is 19.7. The van der Waals surface area contributed by atoms with Gasteiger partial charge in [0.15, 0.2) is 5.16 Å². The topological polar surface area (TPSA) is 64.1 Å². The van der Waals surface area contributed by atoms with Gasteiger partial charge in [0.05, 0.1) is 6.61 Å². The number of aromatic nitrogens is 2. The Bertz CT molecular complexity index is 664. The van der Waals surface area contributed by atoms with Gasteiger partial charge in [-0.3, -0.25) is 4.79 Å². The molecule has 2 heterocycles. The lowest BCUT2D eigenvalue weighted by Crippen LogP contribution is -2.18. The summed E-state index contributed by atoms with van der Waals surface area (Å²) in [7, 11) is 0. The minimum atomic E-state index is 0.0889. The van der Waals surface area contributed by atoms with Gasteiger partial charge < -0.3 is 10.1 Å². The van der Waals surface area contributed by atoms with Crippen molar-refractivity contribution >= 4 is 23.4 Å². The first-order valence-electron chi connectivity index (χ1n) is 7.77. The first-order valence-corrected chi connectivity index (χ1v) is 8.75. The summed E-state index contributed by atoms with van der Waals surface area (Å²) in [6.45, 7) is 0.696. The third-order valence-corrected chi connectivity index (χ3v) is 4.51. The Kier molecular flexibility index (Phi) is 5.47. The number of anilines is 1. The number of nitrogens with one attached hydrogen (secondary N) is 1. The van der Waals surface area contributed by atoms with E-state index in [9.17, 15) is 4.79 Å². The molecule has 1 N–H and O–H groups in total. The van der Waals surface area contributed by atoms with Gasteiger partial charge in [0.25, 0.3) is 0 Å². The number of hydrogen-bond donors (Lipinski definition) is 1. The van der Waals surface area contributed by atoms with Crippen molar-refractivity contribution < 1.29 is 9.53 Å². The van der Waals surface area contributed by atoms with Crippen molar-refractivity contribution in [3.63, 3.8) is 0 Å². The second-order valence-corrected chi connectivity index (χ2v) is 6.36. The van der Waals surface area contributed by atoms with E-state index < -0.39 is 0 Å². The highest BCUT2D eigenvalue weighted by Crippen LogP contribution is 2.26. The fourth-order valence-electron chi connectivity index (χ4n) is 2.37. The van der Waals surface area contributed by atoms with E-state index in [4.69, 9.17) is 4.74 Å². The first-order chi connectivity index (χ1) is 11.3. The predicted octanol–water partition coefficient (Wildman–Crippen LogP) is 3.31. The average molecular weight is 329 g/mol. The fraction of sp³-hybridized carbons (Fsp3) is 0.353. The number of carbonyl (C=O) groups excluding carboxylic acids is 1. The molecule has 0 radical (unpaired) electrons. The molecule has 0 bridgehead atoms. The maximum absolute atomic E-state index is 11.3. The molecule has 5 nitrogen and oxygen atoms in total. The number of ether oxygens (including phenoxy) is 1. The van der Waals surface area contributed by atoms with Crippen LogP contribution in [-0.2, 0) is 11.2 Å². The third-order valence-electron chi connectivity index (χ3n) is 3.55. The Morgan fingerprint density at radius 2 is 2.04 bits per heavy atom. The van der Waals surface area contributed by atoms with Crippen LogP contribution in [0.1, 0.15) is 24.8 Å². The molecule has 3 rings (SSSR count). The van der Waals surface area contributed by atoms with Crippen molar-refractivity contribution in [2.45, 2.75) is 30.8 Å². The van der Waals surface area contributed by atoms with Crippen molar-refractivity contribution in [1.82, 2.24) is 9.97 Å². The Morgan fingerprint density at radius 3 is 2.91 bits per heavy atom. The number of hydrogen-bond acceptors (Lipinski definition) is 5. The van der Waals surface area contributed by atoms with Crippen LogP contribution in [0.25, 0.3) is 0 Å². The van der Waals surface area contributed by atoms with E-state index in [-0.39, 0.29) is 5.91 Å². The van der Waals surface area contributed by atoms with Crippen LogP contribution in [0, 0.1) is 0 Å². The molecule has 6 heteroatoms. The summed E-state index contributed by atoms with van der Waals surface area (Å²) in [5.74, 6) is 1.95. The Balaban J connectivity index is 1.37. The lowest BCUT2D eigenvalue weighted by atomic mass is 10.0. The Labute approximate surface area is 139 Å². The van der Waals surface area contributed by atoms with Crippen molar-refractivity contribution in [2.24, 2.45) is 0 Å². The molecule has 0 unspecified atom stereocenters. The summed E-state index contributed by atoms with van der Waals surface area (Å²) in [6.07, 6.45) is 6.91. The number of aryl methyl sites for hydroxylation is 1. The number of rotatable bonds is 7. The van der Waals surface area contributed by atoms with Gasteiger partial charge in [0.1, 0.15) is 5.75 Å². The van der Waals surface area contributed by atoms with Crippen molar-refractivity contribution in [3.8, 4) is 5.75 Å². The second-order valence-electron chi connectivity index (χ2n) is 5.30. The van der Waals surface area contributed by atoms with Gasteiger partial charge in [-0.05, 0) is 49.1 Å². The largest absolute Gasteiger partial charge is 0.494 e. The molecule has 1 aliphatic heterocycles. The predicted molar refractivity (Wildman–Crippen MR) is 90.9 cm³/mol. The summed E-state index contributed by atoms with van der Waals surface area (Å²) in [6, 6.07) is 7.69. The van der Waals surface area contributed by atoms with Crippen LogP contribution in [0.4, 0.5) is 5.69 Å². The van der Waals surface area contributed by atoms with E-state index in [1.165, 1.54) is 0 Å². The second kappa shape index (κ2) is 7.97. The van der Waals surface area contributed by atoms with E-state index >= 15 is 0 Å². The van der Waals surface area contributed by atoms with Gasteiger partial charge in [0, 0.05) is 30.3 Å². The molecule has 0 fully saturated rings. The Morgan fingerprint density at radius 1 is 1.17 bits per heavy atom. The van der Waals surface area contributed by atoms with Crippen LogP contribution in [0.15, 0.2) is 41.8 Å². The van der Waals surface area contributed by atoms with Crippen LogP contribution < -0.4 is 10.1 Å². The third kappa shape index (κ3) is 4.69. The van der Waals surface area contributed by atoms with Gasteiger partial charge in [-0.1, -0.05) is 11.8 Å². The van der Waals surface area contributed by atoms with Gasteiger partial charge in [-0.15, -0.1) is 0 Å². The number of amides is 1. The van der Waals surface area contributed by atoms with Gasteiger partial charge in [0.2, 0.25) is 5.91 Å². The SMILES string of the molecule is O=C1CCc2cc(OCCCCSc3ncccn3)ccc2N1. The summed E-state index contributed by atoms with van der Waals surface area (Å²) < 4.78 is 5.80. The highest BCUT2D eigenvalue weighted by Gasteiger charge is 2.14. The monoisotopic (exact) mass is 329 g/mol. The van der Waals surface area contributed by atoms with Crippen LogP contribution >= 0.6 is 11.8 Å². The molecule has 0 spiro atoms. The number of fused-ring (bicyclic) bond motifs is 1. The van der Waals surface area contributed by atoms with Crippen molar-refractivity contribution in [1.29, 1.82) is 0 Å². The first kappa shape index (κ1) is 15.8. The summed E-state index contributed by atoms with van der Waals surface area (Å²) in [5.41, 5.74) is 2.06. The molecule has 1 aromatic heterocycles. The Hall–Kier alpha value is -2.08. The number of unbranched alkanes of at least 4 members (excludes halogenated alkanes) is 1. The molecule has 0 atom stereocenters. The zero-order valence-electron chi connectivity index (χ0n) is 12.8. The van der Waals surface area contributed by atoms with E-state index in [2.05, 4.69) is 15.3 Å². The van der Waals surface area contributed by atoms with Crippen LogP contribution in [0.3, 0.4) is 0 Å². The molecule has 120 valence electrons. The average Bonchev–Trinajstić information content (AvgIpc) is 2.59. The highest BCUT2D eigenvalue weighted by molar-refractivity contribution is 7.99. The smallest absolute Gasteiger partial charge is 0.224 e. The number of carbonyl (C=O) groups is 1. The molecule has 0 aliphatic carbocycles. The minimum absolute atomic E-state index is 0.0889. The summed E-state index contributed by atoms with van der Waals surface area (Å²) in [5, 5.41) is 3.70. The normalized spacial score (nSPS) is 13.3. The highest BCUT2D eigenvalue weighted by atomic mass is 32.2. The van der Waals surface area contributed by atoms with E-state index in [1.54, 1.807) is 24.2 Å². The molecule has 1 aromatic carbocycles. The van der Waals surface area contributed by atoms with Gasteiger partial charge in [-0.2, -0.15) is 0 Å². The molecule has 23 heavy (non-hydrogen) atoms. The number of thioether (sulfide) groups is 1. The maximum atomic E-state index is 11.3. The maximum Gasteiger partial charge on any atom is 0.224 e. The molecule has 1 aliphatic rings. The molecule has 2 aromatic rings. The lowest BCUT2D eigenvalue weighted by Gasteiger charge is -2.17. The van der Waals surface area contributed by atoms with Gasteiger partial charge >= 0.3 is 0 Å². The van der Waals surface area contributed by atoms with Crippen LogP contribution in [0.5, 0.6) is 5.75 Å². The lowest BCUT2D eigenvalue weighted by molar-refractivity contribution is -0.116. The molecular formula is C17H19N3O2S. The van der Waals surface area contributed by atoms with E-state index in [1.807, 2.05) is 24.3 Å². The molecule has 0 saturated heterocycles. The quantitative estimate of drug-likeness (QED) is 0.480. The van der Waals surface area contributed by atoms with E-state index in [0.717, 1.165) is 47.2 Å². The standard InChI is InChI=1S/C17H19N3O2S/c21-16-7-4-13-12-14(5-6-15(13)20-16)22-10-1-2-11-23-17-18-8-3-9-19-17/h3,5-6,8-9,12H,1-2,4,7,10-11H2,(H,20,21). The minimum Gasteiger partial charge on any atom is -0.494 e. The van der Waals surface area contributed by atoms with Crippen LogP contribution in [0.2, 0.25) is 0 Å². The molecular weight excluding hydrogens is 310 g/mol. The number of nitrogens with zero attached hydrogens (tertiary/aromatic N) is 2. The fourth-order valence-corrected chi connectivity index (χ4v) is 3.17.